The molecule has 1 atom stereocenters. The van der Waals surface area contributed by atoms with E-state index in [1.54, 1.807) is 0 Å². The highest BCUT2D eigenvalue weighted by atomic mass is 16.4. The molecule has 0 rings (SSSR count). The van der Waals surface area contributed by atoms with Crippen molar-refractivity contribution < 1.29 is 9.90 Å². The van der Waals surface area contributed by atoms with Gasteiger partial charge in [0.25, 0.3) is 0 Å². The molecule has 0 bridgehead atoms. The highest BCUT2D eigenvalue weighted by Crippen LogP contribution is 1.86. The third kappa shape index (κ3) is 2.36. The number of aliphatic carboxylic acids is 1. The molecule has 0 saturated carbocycles. The third-order valence-electron chi connectivity index (χ3n) is 0.738. The van der Waals surface area contributed by atoms with Crippen LogP contribution in [0.4, 0.5) is 0 Å². The molecular formula is C5H9NO2. The van der Waals surface area contributed by atoms with E-state index in [9.17, 15) is 4.79 Å². The Kier molecular flexibility index (Phi) is 2.88. The van der Waals surface area contributed by atoms with Gasteiger partial charge in [-0.25, -0.2) is 0 Å². The maximum Gasteiger partial charge on any atom is 0.320 e. The number of carboxylic acid groups (broad SMARTS) is 1. The van der Waals surface area contributed by atoms with Crippen LogP contribution < -0.4 is 5.73 Å². The van der Waals surface area contributed by atoms with E-state index in [2.05, 4.69) is 6.58 Å². The Labute approximate surface area is 47.8 Å². The summed E-state index contributed by atoms with van der Waals surface area (Å²) in [5.41, 5.74) is 5.06. The minimum Gasteiger partial charge on any atom is -0.480 e. The highest BCUT2D eigenvalue weighted by molar-refractivity contribution is 5.73. The molecule has 0 heterocycles. The monoisotopic (exact) mass is 115 g/mol. The molecule has 46 valence electrons. The summed E-state index contributed by atoms with van der Waals surface area (Å²) in [6, 6.07) is -0.785. The van der Waals surface area contributed by atoms with E-state index >= 15 is 0 Å². The van der Waals surface area contributed by atoms with Crippen LogP contribution in [0, 0.1) is 0 Å². The molecule has 0 aliphatic carbocycles. The summed E-state index contributed by atoms with van der Waals surface area (Å²) in [6.45, 7) is 3.34. The van der Waals surface area contributed by atoms with Crippen molar-refractivity contribution in [3.8, 4) is 0 Å². The lowest BCUT2D eigenvalue weighted by molar-refractivity contribution is -0.138. The number of hydrogen-bond acceptors (Lipinski definition) is 2. The molecule has 0 aliphatic heterocycles. The quantitative estimate of drug-likeness (QED) is 0.508. The summed E-state index contributed by atoms with van der Waals surface area (Å²) in [6.07, 6.45) is 1.81. The smallest absolute Gasteiger partial charge is 0.320 e. The van der Waals surface area contributed by atoms with Crippen molar-refractivity contribution in [3.63, 3.8) is 0 Å². The Hall–Kier alpha value is -0.830. The van der Waals surface area contributed by atoms with Crippen LogP contribution >= 0.6 is 0 Å². The molecule has 0 aromatic heterocycles. The Balaban J connectivity index is 3.46. The van der Waals surface area contributed by atoms with E-state index in [-0.39, 0.29) is 0 Å². The van der Waals surface area contributed by atoms with Crippen molar-refractivity contribution in [1.29, 1.82) is 0 Å². The zero-order chi connectivity index (χ0) is 6.57. The van der Waals surface area contributed by atoms with Gasteiger partial charge in [0.1, 0.15) is 6.04 Å². The maximum atomic E-state index is 9.92. The number of carbonyl (C=O) groups is 1. The third-order valence-corrected chi connectivity index (χ3v) is 0.738. The van der Waals surface area contributed by atoms with E-state index < -0.39 is 12.0 Å². The van der Waals surface area contributed by atoms with Crippen LogP contribution in [0.3, 0.4) is 0 Å². The van der Waals surface area contributed by atoms with Crippen molar-refractivity contribution in [1.82, 2.24) is 0 Å². The predicted octanol–water partition coefficient (Wildman–Crippen LogP) is -0.0256. The molecular weight excluding hydrogens is 106 g/mol. The zero-order valence-electron chi connectivity index (χ0n) is 4.50. The largest absolute Gasteiger partial charge is 0.480 e. The van der Waals surface area contributed by atoms with Crippen molar-refractivity contribution in [3.05, 3.63) is 12.7 Å². The normalized spacial score (nSPS) is 12.6. The summed E-state index contributed by atoms with van der Waals surface area (Å²) >= 11 is 0. The second-order valence-corrected chi connectivity index (χ2v) is 1.47. The molecule has 0 aromatic rings. The minimum atomic E-state index is -0.982. The lowest BCUT2D eigenvalue weighted by Gasteiger charge is -1.98. The van der Waals surface area contributed by atoms with Gasteiger partial charge < -0.3 is 10.8 Å². The van der Waals surface area contributed by atoms with Crippen LogP contribution in [0.1, 0.15) is 6.42 Å². The molecule has 1 unspecified atom stereocenters. The Morgan fingerprint density at radius 2 is 2.50 bits per heavy atom. The van der Waals surface area contributed by atoms with E-state index in [4.69, 9.17) is 10.8 Å². The van der Waals surface area contributed by atoms with Crippen molar-refractivity contribution in [2.24, 2.45) is 5.73 Å². The fraction of sp³-hybridized carbons (Fsp3) is 0.400. The molecule has 3 nitrogen and oxygen atoms in total. The summed E-state index contributed by atoms with van der Waals surface area (Å²) in [5, 5.41) is 8.14. The summed E-state index contributed by atoms with van der Waals surface area (Å²) in [4.78, 5) is 9.92. The van der Waals surface area contributed by atoms with Gasteiger partial charge in [-0.15, -0.1) is 6.58 Å². The summed E-state index contributed by atoms with van der Waals surface area (Å²) in [7, 11) is 0. The maximum absolute atomic E-state index is 9.92. The van der Waals surface area contributed by atoms with Gasteiger partial charge in [-0.2, -0.15) is 0 Å². The molecule has 0 amide bonds. The fourth-order valence-electron chi connectivity index (χ4n) is 0.280. The summed E-state index contributed by atoms with van der Waals surface area (Å²) in [5.74, 6) is -0.982. The number of rotatable bonds is 3. The molecule has 0 aromatic carbocycles. The second kappa shape index (κ2) is 3.21. The number of hydrogen-bond donors (Lipinski definition) is 2. The van der Waals surface area contributed by atoms with Gasteiger partial charge in [0.05, 0.1) is 0 Å². The van der Waals surface area contributed by atoms with E-state index in [1.807, 2.05) is 0 Å². The Morgan fingerprint density at radius 1 is 2.00 bits per heavy atom. The van der Waals surface area contributed by atoms with E-state index in [1.165, 1.54) is 6.08 Å². The first-order valence-corrected chi connectivity index (χ1v) is 2.27. The fourth-order valence-corrected chi connectivity index (χ4v) is 0.280. The molecule has 0 saturated heterocycles. The molecule has 0 aliphatic rings. The van der Waals surface area contributed by atoms with Crippen molar-refractivity contribution >= 4 is 5.97 Å². The standard InChI is InChI=1S/C5H9NO2/c1-2-3-4(6)5(7)8/h2,4H,1,3,6H2,(H,7,8). The Bertz CT molecular complexity index is 101. The SMILES string of the molecule is C=CCC(N)C(=O)O. The van der Waals surface area contributed by atoms with E-state index in [0.717, 1.165) is 0 Å². The van der Waals surface area contributed by atoms with Gasteiger partial charge in [-0.1, -0.05) is 6.08 Å². The summed E-state index contributed by atoms with van der Waals surface area (Å²) < 4.78 is 0. The Morgan fingerprint density at radius 3 is 2.62 bits per heavy atom. The first-order chi connectivity index (χ1) is 3.68. The second-order valence-electron chi connectivity index (χ2n) is 1.47. The number of carboxylic acids is 1. The molecule has 3 heteroatoms. The van der Waals surface area contributed by atoms with Crippen LogP contribution in [0.25, 0.3) is 0 Å². The van der Waals surface area contributed by atoms with Crippen LogP contribution in [0.2, 0.25) is 0 Å². The zero-order valence-corrected chi connectivity index (χ0v) is 4.50. The minimum absolute atomic E-state index is 0.329. The lowest BCUT2D eigenvalue weighted by Crippen LogP contribution is -2.28. The van der Waals surface area contributed by atoms with Crippen molar-refractivity contribution in [2.45, 2.75) is 12.5 Å². The number of nitrogens with two attached hydrogens (primary N) is 1. The molecule has 0 radical (unpaired) electrons. The molecule has 0 fully saturated rings. The molecule has 8 heavy (non-hydrogen) atoms. The van der Waals surface area contributed by atoms with Crippen LogP contribution in [-0.4, -0.2) is 17.1 Å². The lowest BCUT2D eigenvalue weighted by atomic mass is 10.2. The molecule has 0 spiro atoms. The van der Waals surface area contributed by atoms with Gasteiger partial charge in [-0.3, -0.25) is 4.79 Å². The van der Waals surface area contributed by atoms with Gasteiger partial charge in [0.2, 0.25) is 0 Å². The first kappa shape index (κ1) is 7.17. The van der Waals surface area contributed by atoms with E-state index in [0.29, 0.717) is 6.42 Å². The van der Waals surface area contributed by atoms with Gasteiger partial charge in [-0.05, 0) is 6.42 Å². The predicted molar refractivity (Wildman–Crippen MR) is 30.4 cm³/mol. The van der Waals surface area contributed by atoms with Crippen LogP contribution in [-0.2, 0) is 4.79 Å². The van der Waals surface area contributed by atoms with Gasteiger partial charge in [0, 0.05) is 0 Å². The average Bonchev–Trinajstić information content (AvgIpc) is 1.67. The van der Waals surface area contributed by atoms with Crippen LogP contribution in [0.5, 0.6) is 0 Å². The van der Waals surface area contributed by atoms with Gasteiger partial charge >= 0.3 is 5.97 Å². The molecule has 3 N–H and O–H groups in total. The topological polar surface area (TPSA) is 63.3 Å². The van der Waals surface area contributed by atoms with Crippen LogP contribution in [0.15, 0.2) is 12.7 Å². The first-order valence-electron chi connectivity index (χ1n) is 2.27. The highest BCUT2D eigenvalue weighted by Gasteiger charge is 2.06. The van der Waals surface area contributed by atoms with Gasteiger partial charge in [0.15, 0.2) is 0 Å². The van der Waals surface area contributed by atoms with Crippen molar-refractivity contribution in [2.75, 3.05) is 0 Å². The average molecular weight is 115 g/mol.